The number of nitrogens with zero attached hydrogens (tertiary/aromatic N) is 6. The summed E-state index contributed by atoms with van der Waals surface area (Å²) in [5.74, 6) is 6.09. The van der Waals surface area contributed by atoms with Crippen LogP contribution in [0.15, 0.2) is 10.6 Å². The molecule has 5 fully saturated rings. The second kappa shape index (κ2) is 6.56. The van der Waals surface area contributed by atoms with Gasteiger partial charge >= 0.3 is 0 Å². The molecule has 0 unspecified atom stereocenters. The van der Waals surface area contributed by atoms with Crippen LogP contribution in [0, 0.1) is 24.7 Å². The zero-order valence-electron chi connectivity index (χ0n) is 17.7. The summed E-state index contributed by atoms with van der Waals surface area (Å²) in [6, 6.07) is 2.03. The topological polar surface area (TPSA) is 63.2 Å². The first-order valence-corrected chi connectivity index (χ1v) is 11.4. The SMILES string of the molecule is Cc1cc(CN2CCN(c3nnc(C45CC6CC(CC(C6)C4)C5)n3C)CC2)on1. The fraction of sp³-hybridized carbons (Fsp3) is 0.773. The molecule has 4 bridgehead atoms. The number of hydrogen-bond acceptors (Lipinski definition) is 6. The van der Waals surface area contributed by atoms with Crippen molar-refractivity contribution in [2.75, 3.05) is 31.1 Å². The summed E-state index contributed by atoms with van der Waals surface area (Å²) in [4.78, 5) is 4.85. The first-order chi connectivity index (χ1) is 14.1. The van der Waals surface area contributed by atoms with Gasteiger partial charge in [-0.3, -0.25) is 9.47 Å². The molecule has 2 aromatic heterocycles. The molecule has 0 atom stereocenters. The van der Waals surface area contributed by atoms with Crippen LogP contribution in [-0.4, -0.2) is 51.0 Å². The molecule has 0 N–H and O–H groups in total. The van der Waals surface area contributed by atoms with E-state index in [1.807, 2.05) is 13.0 Å². The number of rotatable bonds is 4. The molecule has 1 saturated heterocycles. The number of aryl methyl sites for hydroxylation is 1. The first-order valence-electron chi connectivity index (χ1n) is 11.4. The zero-order chi connectivity index (χ0) is 19.6. The van der Waals surface area contributed by atoms with Crippen LogP contribution in [0.5, 0.6) is 0 Å². The van der Waals surface area contributed by atoms with E-state index in [9.17, 15) is 0 Å². The van der Waals surface area contributed by atoms with Crippen LogP contribution in [-0.2, 0) is 19.0 Å². The van der Waals surface area contributed by atoms with Crippen molar-refractivity contribution in [1.82, 2.24) is 24.8 Å². The van der Waals surface area contributed by atoms with Crippen molar-refractivity contribution in [3.63, 3.8) is 0 Å². The lowest BCUT2D eigenvalue weighted by atomic mass is 9.49. The Labute approximate surface area is 172 Å². The number of hydrogen-bond donors (Lipinski definition) is 0. The van der Waals surface area contributed by atoms with Gasteiger partial charge in [0.05, 0.1) is 12.2 Å². The van der Waals surface area contributed by atoms with E-state index in [1.165, 1.54) is 44.3 Å². The van der Waals surface area contributed by atoms with Gasteiger partial charge in [-0.15, -0.1) is 10.2 Å². The summed E-state index contributed by atoms with van der Waals surface area (Å²) in [7, 11) is 2.20. The van der Waals surface area contributed by atoms with Crippen LogP contribution < -0.4 is 4.90 Å². The normalized spacial score (nSPS) is 34.3. The van der Waals surface area contributed by atoms with E-state index in [2.05, 4.69) is 26.6 Å². The molecule has 3 heterocycles. The quantitative estimate of drug-likeness (QED) is 0.792. The van der Waals surface area contributed by atoms with Crippen molar-refractivity contribution in [1.29, 1.82) is 0 Å². The van der Waals surface area contributed by atoms with Gasteiger partial charge in [-0.25, -0.2) is 0 Å². The highest BCUT2D eigenvalue weighted by molar-refractivity contribution is 5.34. The number of aromatic nitrogens is 4. The van der Waals surface area contributed by atoms with E-state index in [4.69, 9.17) is 14.7 Å². The van der Waals surface area contributed by atoms with Gasteiger partial charge in [0, 0.05) is 44.7 Å². The maximum absolute atomic E-state index is 5.39. The Kier molecular flexibility index (Phi) is 4.05. The van der Waals surface area contributed by atoms with Gasteiger partial charge < -0.3 is 9.42 Å². The number of piperazine rings is 1. The minimum atomic E-state index is 0.306. The molecule has 29 heavy (non-hydrogen) atoms. The van der Waals surface area contributed by atoms with Crippen molar-refractivity contribution < 1.29 is 4.52 Å². The molecule has 7 nitrogen and oxygen atoms in total. The van der Waals surface area contributed by atoms with Crippen LogP contribution in [0.1, 0.15) is 55.8 Å². The Bertz CT molecular complexity index is 858. The Morgan fingerprint density at radius 3 is 2.24 bits per heavy atom. The Morgan fingerprint density at radius 2 is 1.66 bits per heavy atom. The largest absolute Gasteiger partial charge is 0.360 e. The third kappa shape index (κ3) is 3.00. The van der Waals surface area contributed by atoms with E-state index in [-0.39, 0.29) is 0 Å². The molecule has 4 saturated carbocycles. The highest BCUT2D eigenvalue weighted by Crippen LogP contribution is 2.60. The fourth-order valence-electron chi connectivity index (χ4n) is 7.26. The second-order valence-corrected chi connectivity index (χ2v) is 10.3. The highest BCUT2D eigenvalue weighted by atomic mass is 16.5. The maximum atomic E-state index is 5.39. The van der Waals surface area contributed by atoms with Gasteiger partial charge in [-0.05, 0) is 63.2 Å². The van der Waals surface area contributed by atoms with Crippen molar-refractivity contribution >= 4 is 5.95 Å². The molecule has 2 aromatic rings. The van der Waals surface area contributed by atoms with Crippen LogP contribution in [0.3, 0.4) is 0 Å². The molecule has 0 amide bonds. The summed E-state index contributed by atoms with van der Waals surface area (Å²) in [6.07, 6.45) is 8.43. The van der Waals surface area contributed by atoms with E-state index in [0.29, 0.717) is 5.41 Å². The predicted molar refractivity (Wildman–Crippen MR) is 110 cm³/mol. The summed E-state index contributed by atoms with van der Waals surface area (Å²) in [5, 5.41) is 13.5. The van der Waals surface area contributed by atoms with Crippen molar-refractivity contribution in [2.45, 2.75) is 57.4 Å². The van der Waals surface area contributed by atoms with E-state index in [0.717, 1.165) is 67.9 Å². The van der Waals surface area contributed by atoms with E-state index >= 15 is 0 Å². The van der Waals surface area contributed by atoms with Gasteiger partial charge in [0.1, 0.15) is 5.82 Å². The average Bonchev–Trinajstić information content (AvgIpc) is 3.27. The monoisotopic (exact) mass is 396 g/mol. The minimum Gasteiger partial charge on any atom is -0.360 e. The molecule has 7 rings (SSSR count). The molecule has 7 heteroatoms. The average molecular weight is 397 g/mol. The summed E-state index contributed by atoms with van der Waals surface area (Å²) in [6.45, 7) is 6.81. The molecule has 5 aliphatic rings. The lowest BCUT2D eigenvalue weighted by Gasteiger charge is -2.56. The third-order valence-corrected chi connectivity index (χ3v) is 8.08. The lowest BCUT2D eigenvalue weighted by molar-refractivity contribution is -0.0107. The molecule has 0 radical (unpaired) electrons. The third-order valence-electron chi connectivity index (χ3n) is 8.08. The highest BCUT2D eigenvalue weighted by Gasteiger charge is 2.53. The minimum absolute atomic E-state index is 0.306. The second-order valence-electron chi connectivity index (χ2n) is 10.3. The summed E-state index contributed by atoms with van der Waals surface area (Å²) < 4.78 is 7.72. The molecule has 1 aliphatic heterocycles. The van der Waals surface area contributed by atoms with Gasteiger partial charge in [0.15, 0.2) is 5.76 Å². The predicted octanol–water partition coefficient (Wildman–Crippen LogP) is 2.90. The first kappa shape index (κ1) is 17.9. The van der Waals surface area contributed by atoms with Crippen LogP contribution in [0.25, 0.3) is 0 Å². The molecular formula is C22H32N6O. The lowest BCUT2D eigenvalue weighted by Crippen LogP contribution is -2.50. The van der Waals surface area contributed by atoms with Gasteiger partial charge in [-0.2, -0.15) is 0 Å². The number of anilines is 1. The van der Waals surface area contributed by atoms with Gasteiger partial charge in [-0.1, -0.05) is 5.16 Å². The van der Waals surface area contributed by atoms with Crippen molar-refractivity contribution in [3.8, 4) is 0 Å². The van der Waals surface area contributed by atoms with E-state index in [1.54, 1.807) is 0 Å². The van der Waals surface area contributed by atoms with Crippen LogP contribution in [0.2, 0.25) is 0 Å². The molecular weight excluding hydrogens is 364 g/mol. The Morgan fingerprint density at radius 1 is 1.00 bits per heavy atom. The maximum Gasteiger partial charge on any atom is 0.227 e. The fourth-order valence-corrected chi connectivity index (χ4v) is 7.26. The summed E-state index contributed by atoms with van der Waals surface area (Å²) >= 11 is 0. The molecule has 0 spiro atoms. The van der Waals surface area contributed by atoms with Crippen molar-refractivity contribution in [2.24, 2.45) is 24.8 Å². The van der Waals surface area contributed by atoms with Gasteiger partial charge in [0.2, 0.25) is 5.95 Å². The van der Waals surface area contributed by atoms with Crippen LogP contribution >= 0.6 is 0 Å². The smallest absolute Gasteiger partial charge is 0.227 e. The van der Waals surface area contributed by atoms with E-state index < -0.39 is 0 Å². The summed E-state index contributed by atoms with van der Waals surface area (Å²) in [5.41, 5.74) is 1.26. The van der Waals surface area contributed by atoms with Gasteiger partial charge in [0.25, 0.3) is 0 Å². The zero-order valence-corrected chi connectivity index (χ0v) is 17.7. The Balaban J connectivity index is 1.16. The molecule has 4 aliphatic carbocycles. The Hall–Kier alpha value is -1.89. The standard InChI is InChI=1S/C22H32N6O/c1-15-7-19(29-25-15)14-27-3-5-28(6-4-27)21-24-23-20(26(21)2)22-11-16-8-17(12-22)10-18(9-16)13-22/h7,16-18H,3-6,8-14H2,1-2H3. The van der Waals surface area contributed by atoms with Crippen molar-refractivity contribution in [3.05, 3.63) is 23.3 Å². The molecule has 0 aromatic carbocycles. The van der Waals surface area contributed by atoms with Crippen LogP contribution in [0.4, 0.5) is 5.95 Å². The molecule has 156 valence electrons.